The fourth-order valence-electron chi connectivity index (χ4n) is 3.41. The van der Waals surface area contributed by atoms with Crippen molar-refractivity contribution in [3.05, 3.63) is 71.3 Å². The molecule has 2 atom stereocenters. The smallest absolute Gasteiger partial charge is 0.226 e. The van der Waals surface area contributed by atoms with E-state index in [1.54, 1.807) is 0 Å². The predicted octanol–water partition coefficient (Wildman–Crippen LogP) is 1.55. The van der Waals surface area contributed by atoms with Crippen molar-refractivity contribution in [3.8, 4) is 0 Å². The second-order valence-electron chi connectivity index (χ2n) is 6.39. The van der Waals surface area contributed by atoms with E-state index in [9.17, 15) is 4.79 Å². The number of amides is 1. The van der Waals surface area contributed by atoms with Gasteiger partial charge in [0.25, 0.3) is 0 Å². The fourth-order valence-corrected chi connectivity index (χ4v) is 3.41. The normalized spacial score (nSPS) is 19.9. The van der Waals surface area contributed by atoms with Crippen LogP contribution in [-0.2, 0) is 17.6 Å². The first kappa shape index (κ1) is 15.8. The third kappa shape index (κ3) is 3.99. The van der Waals surface area contributed by atoms with Crippen LogP contribution in [0, 0.1) is 0 Å². The molecule has 3 heteroatoms. The van der Waals surface area contributed by atoms with Gasteiger partial charge >= 0.3 is 0 Å². The van der Waals surface area contributed by atoms with E-state index in [2.05, 4.69) is 48.8 Å². The van der Waals surface area contributed by atoms with Crippen LogP contribution in [0.15, 0.2) is 54.6 Å². The van der Waals surface area contributed by atoms with Crippen molar-refractivity contribution in [3.63, 3.8) is 0 Å². The lowest BCUT2D eigenvalue weighted by molar-refractivity contribution is -0.914. The van der Waals surface area contributed by atoms with Crippen LogP contribution in [0.3, 0.4) is 0 Å². The zero-order valence-corrected chi connectivity index (χ0v) is 13.7. The third-order valence-corrected chi connectivity index (χ3v) is 4.78. The Bertz CT molecular complexity index is 654. The van der Waals surface area contributed by atoms with E-state index in [0.29, 0.717) is 13.0 Å². The summed E-state index contributed by atoms with van der Waals surface area (Å²) in [6.45, 7) is 1.80. The lowest BCUT2D eigenvalue weighted by Gasteiger charge is -2.31. The van der Waals surface area contributed by atoms with Crippen LogP contribution in [0.2, 0.25) is 0 Å². The van der Waals surface area contributed by atoms with Gasteiger partial charge in [0.05, 0.1) is 20.0 Å². The van der Waals surface area contributed by atoms with Crippen LogP contribution in [0.5, 0.6) is 0 Å². The van der Waals surface area contributed by atoms with Crippen LogP contribution in [0.4, 0.5) is 0 Å². The van der Waals surface area contributed by atoms with Crippen molar-refractivity contribution in [1.82, 2.24) is 5.32 Å². The number of hydrogen-bond donors (Lipinski definition) is 2. The second-order valence-corrected chi connectivity index (χ2v) is 6.39. The molecule has 0 saturated heterocycles. The molecule has 1 aliphatic heterocycles. The van der Waals surface area contributed by atoms with Crippen molar-refractivity contribution in [2.24, 2.45) is 0 Å². The Kier molecular flexibility index (Phi) is 5.09. The monoisotopic (exact) mass is 309 g/mol. The van der Waals surface area contributed by atoms with Crippen LogP contribution in [-0.4, -0.2) is 26.0 Å². The molecule has 1 unspecified atom stereocenters. The summed E-state index contributed by atoms with van der Waals surface area (Å²) in [6.07, 6.45) is 2.56. The molecule has 0 bridgehead atoms. The molecule has 1 amide bonds. The molecule has 3 nitrogen and oxygen atoms in total. The maximum absolute atomic E-state index is 12.3. The Morgan fingerprint density at radius 2 is 1.87 bits per heavy atom. The van der Waals surface area contributed by atoms with E-state index < -0.39 is 0 Å². The van der Waals surface area contributed by atoms with Crippen LogP contribution < -0.4 is 10.2 Å². The van der Waals surface area contributed by atoms with E-state index in [4.69, 9.17) is 0 Å². The summed E-state index contributed by atoms with van der Waals surface area (Å²) in [5.74, 6) is 0.155. The molecule has 120 valence electrons. The van der Waals surface area contributed by atoms with Gasteiger partial charge in [0, 0.05) is 18.5 Å². The summed E-state index contributed by atoms with van der Waals surface area (Å²) in [4.78, 5) is 13.8. The maximum Gasteiger partial charge on any atom is 0.226 e. The SMILES string of the molecule is C[NH+]1CCc2ccccc2[C@@H]1CC(=O)NCCc1ccccc1. The van der Waals surface area contributed by atoms with E-state index in [1.165, 1.54) is 21.6 Å². The minimum Gasteiger partial charge on any atom is -0.356 e. The minimum absolute atomic E-state index is 0.155. The van der Waals surface area contributed by atoms with Crippen LogP contribution in [0.25, 0.3) is 0 Å². The van der Waals surface area contributed by atoms with Gasteiger partial charge in [-0.15, -0.1) is 0 Å². The number of carbonyl (C=O) groups excluding carboxylic acids is 1. The molecule has 2 aromatic carbocycles. The number of quaternary nitrogens is 1. The zero-order valence-electron chi connectivity index (χ0n) is 13.7. The summed E-state index contributed by atoms with van der Waals surface area (Å²) in [7, 11) is 2.19. The van der Waals surface area contributed by atoms with Crippen LogP contribution in [0.1, 0.15) is 29.2 Å². The highest BCUT2D eigenvalue weighted by Crippen LogP contribution is 2.21. The number of fused-ring (bicyclic) bond motifs is 1. The molecule has 0 saturated carbocycles. The lowest BCUT2D eigenvalue weighted by atomic mass is 9.91. The van der Waals surface area contributed by atoms with Gasteiger partial charge in [-0.2, -0.15) is 0 Å². The molecule has 3 rings (SSSR count). The average Bonchev–Trinajstić information content (AvgIpc) is 2.58. The molecule has 0 fully saturated rings. The van der Waals surface area contributed by atoms with Crippen molar-refractivity contribution in [2.75, 3.05) is 20.1 Å². The van der Waals surface area contributed by atoms with Crippen molar-refractivity contribution in [1.29, 1.82) is 0 Å². The largest absolute Gasteiger partial charge is 0.356 e. The Morgan fingerprint density at radius 3 is 2.70 bits per heavy atom. The predicted molar refractivity (Wildman–Crippen MR) is 92.4 cm³/mol. The first-order valence-electron chi connectivity index (χ1n) is 8.45. The topological polar surface area (TPSA) is 33.5 Å². The molecule has 2 N–H and O–H groups in total. The molecule has 0 radical (unpaired) electrons. The summed E-state index contributed by atoms with van der Waals surface area (Å²) in [6, 6.07) is 19.1. The van der Waals surface area contributed by atoms with E-state index in [0.717, 1.165) is 19.4 Å². The van der Waals surface area contributed by atoms with E-state index in [1.807, 2.05) is 18.2 Å². The quantitative estimate of drug-likeness (QED) is 0.863. The zero-order chi connectivity index (χ0) is 16.1. The first-order chi connectivity index (χ1) is 11.2. The second kappa shape index (κ2) is 7.42. The Labute approximate surface area is 138 Å². The van der Waals surface area contributed by atoms with Gasteiger partial charge in [0.1, 0.15) is 6.04 Å². The van der Waals surface area contributed by atoms with Crippen molar-refractivity contribution >= 4 is 5.91 Å². The Balaban J connectivity index is 1.55. The van der Waals surface area contributed by atoms with Crippen molar-refractivity contribution < 1.29 is 9.69 Å². The molecule has 1 aliphatic rings. The maximum atomic E-state index is 12.3. The highest BCUT2D eigenvalue weighted by atomic mass is 16.1. The van der Waals surface area contributed by atoms with Crippen molar-refractivity contribution in [2.45, 2.75) is 25.3 Å². The van der Waals surface area contributed by atoms with Gasteiger partial charge in [-0.25, -0.2) is 0 Å². The van der Waals surface area contributed by atoms with Gasteiger partial charge in [-0.05, 0) is 17.5 Å². The fraction of sp³-hybridized carbons (Fsp3) is 0.350. The average molecular weight is 309 g/mol. The lowest BCUT2D eigenvalue weighted by Crippen LogP contribution is -3.10. The van der Waals surface area contributed by atoms with Gasteiger partial charge < -0.3 is 10.2 Å². The molecule has 0 aliphatic carbocycles. The minimum atomic E-state index is 0.155. The highest BCUT2D eigenvalue weighted by Gasteiger charge is 2.29. The summed E-state index contributed by atoms with van der Waals surface area (Å²) in [5.41, 5.74) is 4.01. The molecule has 23 heavy (non-hydrogen) atoms. The van der Waals surface area contributed by atoms with Gasteiger partial charge in [0.2, 0.25) is 5.91 Å². The summed E-state index contributed by atoms with van der Waals surface area (Å²) >= 11 is 0. The van der Waals surface area contributed by atoms with Gasteiger partial charge in [0.15, 0.2) is 0 Å². The highest BCUT2D eigenvalue weighted by molar-refractivity contribution is 5.76. The first-order valence-corrected chi connectivity index (χ1v) is 8.45. The number of rotatable bonds is 5. The summed E-state index contributed by atoms with van der Waals surface area (Å²) in [5, 5.41) is 3.08. The molecule has 0 spiro atoms. The number of likely N-dealkylation sites (N-methyl/N-ethyl adjacent to an activating group) is 1. The molecular formula is C20H25N2O+. The van der Waals surface area contributed by atoms with Gasteiger partial charge in [-0.3, -0.25) is 4.79 Å². The Hall–Kier alpha value is -2.13. The van der Waals surface area contributed by atoms with Crippen LogP contribution >= 0.6 is 0 Å². The number of nitrogens with one attached hydrogen (secondary N) is 2. The molecule has 2 aromatic rings. The molecule has 1 heterocycles. The van der Waals surface area contributed by atoms with Gasteiger partial charge in [-0.1, -0.05) is 54.6 Å². The summed E-state index contributed by atoms with van der Waals surface area (Å²) < 4.78 is 0. The number of hydrogen-bond acceptors (Lipinski definition) is 1. The molecule has 0 aromatic heterocycles. The van der Waals surface area contributed by atoms with E-state index in [-0.39, 0.29) is 11.9 Å². The number of carbonyl (C=O) groups is 1. The van der Waals surface area contributed by atoms with E-state index >= 15 is 0 Å². The Morgan fingerprint density at radius 1 is 1.13 bits per heavy atom. The standard InChI is InChI=1S/C20H24N2O/c1-22-14-12-17-9-5-6-10-18(17)19(22)15-20(23)21-13-11-16-7-3-2-4-8-16/h2-10,19H,11-15H2,1H3,(H,21,23)/p+1/t19-/m0/s1. The number of benzene rings is 2. The third-order valence-electron chi connectivity index (χ3n) is 4.78. The molecular weight excluding hydrogens is 284 g/mol.